The molecular formula is C19H26ClN3. The van der Waals surface area contributed by atoms with Crippen LogP contribution in [0.2, 0.25) is 5.02 Å². The molecule has 0 aliphatic heterocycles. The Bertz CT molecular complexity index is 671. The van der Waals surface area contributed by atoms with E-state index in [0.717, 1.165) is 41.7 Å². The number of hydrogen-bond acceptors (Lipinski definition) is 3. The number of aryl methyl sites for hydroxylation is 1. The van der Waals surface area contributed by atoms with E-state index in [4.69, 9.17) is 22.3 Å². The lowest BCUT2D eigenvalue weighted by Gasteiger charge is -2.27. The molecule has 2 unspecified atom stereocenters. The predicted molar refractivity (Wildman–Crippen MR) is 97.9 cm³/mol. The smallest absolute Gasteiger partial charge is 0.0720 e. The zero-order chi connectivity index (χ0) is 16.2. The minimum Gasteiger partial charge on any atom is -0.327 e. The molecule has 23 heavy (non-hydrogen) atoms. The standard InChI is InChI=1S/C19H26ClN3/c1-2-3-5-15(21)12-22-17-6-4-7-18-16(17)10-13-8-9-14(20)11-19(13)23-18/h8-11,15,17,22H,2-7,12,21H2,1H3. The lowest BCUT2D eigenvalue weighted by molar-refractivity contribution is 0.424. The maximum atomic E-state index is 6.21. The van der Waals surface area contributed by atoms with E-state index in [1.165, 1.54) is 30.5 Å². The van der Waals surface area contributed by atoms with Gasteiger partial charge in [-0.1, -0.05) is 37.4 Å². The Morgan fingerprint density at radius 3 is 3.09 bits per heavy atom. The Hall–Kier alpha value is -1.16. The average Bonchev–Trinajstić information content (AvgIpc) is 2.56. The van der Waals surface area contributed by atoms with Crippen LogP contribution in [-0.4, -0.2) is 17.6 Å². The number of unbranched alkanes of at least 4 members (excludes halogenated alkanes) is 1. The molecule has 1 aromatic heterocycles. The second kappa shape index (κ2) is 7.61. The van der Waals surface area contributed by atoms with Crippen molar-refractivity contribution >= 4 is 22.5 Å². The molecule has 1 heterocycles. The van der Waals surface area contributed by atoms with Crippen LogP contribution in [0.1, 0.15) is 56.3 Å². The predicted octanol–water partition coefficient (Wildman–Crippen LogP) is 4.37. The SMILES string of the molecule is CCCCC(N)CNC1CCCc2nc3cc(Cl)ccc3cc21. The fraction of sp³-hybridized carbons (Fsp3) is 0.526. The van der Waals surface area contributed by atoms with Gasteiger partial charge in [-0.15, -0.1) is 0 Å². The first-order valence-corrected chi connectivity index (χ1v) is 9.13. The van der Waals surface area contributed by atoms with Gasteiger partial charge in [0.05, 0.1) is 5.52 Å². The van der Waals surface area contributed by atoms with E-state index in [-0.39, 0.29) is 6.04 Å². The molecule has 4 heteroatoms. The molecule has 0 spiro atoms. The number of nitrogens with one attached hydrogen (secondary N) is 1. The fourth-order valence-electron chi connectivity index (χ4n) is 3.40. The monoisotopic (exact) mass is 331 g/mol. The highest BCUT2D eigenvalue weighted by Gasteiger charge is 2.22. The number of nitrogens with two attached hydrogens (primary N) is 1. The van der Waals surface area contributed by atoms with E-state index >= 15 is 0 Å². The van der Waals surface area contributed by atoms with Crippen LogP contribution in [0, 0.1) is 0 Å². The number of nitrogens with zero attached hydrogens (tertiary/aromatic N) is 1. The lowest BCUT2D eigenvalue weighted by atomic mass is 9.90. The van der Waals surface area contributed by atoms with E-state index < -0.39 is 0 Å². The summed E-state index contributed by atoms with van der Waals surface area (Å²) in [6.07, 6.45) is 6.90. The molecule has 3 N–H and O–H groups in total. The summed E-state index contributed by atoms with van der Waals surface area (Å²) in [5.41, 5.74) is 9.76. The van der Waals surface area contributed by atoms with Gasteiger partial charge in [0.2, 0.25) is 0 Å². The van der Waals surface area contributed by atoms with Crippen molar-refractivity contribution in [1.82, 2.24) is 10.3 Å². The molecule has 124 valence electrons. The summed E-state index contributed by atoms with van der Waals surface area (Å²) in [7, 11) is 0. The van der Waals surface area contributed by atoms with Crippen molar-refractivity contribution in [2.45, 2.75) is 57.5 Å². The van der Waals surface area contributed by atoms with E-state index in [2.05, 4.69) is 24.4 Å². The summed E-state index contributed by atoms with van der Waals surface area (Å²) >= 11 is 6.09. The third-order valence-electron chi connectivity index (χ3n) is 4.73. The van der Waals surface area contributed by atoms with Crippen molar-refractivity contribution < 1.29 is 0 Å². The summed E-state index contributed by atoms with van der Waals surface area (Å²) in [6, 6.07) is 8.84. The highest BCUT2D eigenvalue weighted by molar-refractivity contribution is 6.31. The molecule has 1 aliphatic carbocycles. The van der Waals surface area contributed by atoms with E-state index in [9.17, 15) is 0 Å². The van der Waals surface area contributed by atoms with Gasteiger partial charge in [-0.25, -0.2) is 0 Å². The van der Waals surface area contributed by atoms with Crippen LogP contribution in [0.3, 0.4) is 0 Å². The van der Waals surface area contributed by atoms with Gasteiger partial charge in [0.1, 0.15) is 0 Å². The maximum Gasteiger partial charge on any atom is 0.0720 e. The van der Waals surface area contributed by atoms with Crippen molar-refractivity contribution in [2.24, 2.45) is 5.73 Å². The van der Waals surface area contributed by atoms with Crippen molar-refractivity contribution in [3.63, 3.8) is 0 Å². The van der Waals surface area contributed by atoms with Crippen LogP contribution in [-0.2, 0) is 6.42 Å². The van der Waals surface area contributed by atoms with Gasteiger partial charge < -0.3 is 11.1 Å². The second-order valence-electron chi connectivity index (χ2n) is 6.62. The third-order valence-corrected chi connectivity index (χ3v) is 4.96. The van der Waals surface area contributed by atoms with E-state index in [1.807, 2.05) is 12.1 Å². The summed E-state index contributed by atoms with van der Waals surface area (Å²) in [5.74, 6) is 0. The van der Waals surface area contributed by atoms with Gasteiger partial charge in [-0.2, -0.15) is 0 Å². The highest BCUT2D eigenvalue weighted by Crippen LogP contribution is 2.31. The lowest BCUT2D eigenvalue weighted by Crippen LogP contribution is -2.37. The molecule has 0 saturated heterocycles. The van der Waals surface area contributed by atoms with Crippen LogP contribution >= 0.6 is 11.6 Å². The fourth-order valence-corrected chi connectivity index (χ4v) is 3.57. The van der Waals surface area contributed by atoms with Crippen LogP contribution < -0.4 is 11.1 Å². The van der Waals surface area contributed by atoms with Crippen molar-refractivity contribution in [1.29, 1.82) is 0 Å². The number of pyridine rings is 1. The highest BCUT2D eigenvalue weighted by atomic mass is 35.5. The first kappa shape index (κ1) is 16.7. The Balaban J connectivity index is 1.77. The summed E-state index contributed by atoms with van der Waals surface area (Å²) in [6.45, 7) is 3.09. The zero-order valence-electron chi connectivity index (χ0n) is 13.8. The molecule has 2 atom stereocenters. The molecule has 0 radical (unpaired) electrons. The number of rotatable bonds is 6. The third kappa shape index (κ3) is 4.03. The van der Waals surface area contributed by atoms with Gasteiger partial charge >= 0.3 is 0 Å². The summed E-state index contributed by atoms with van der Waals surface area (Å²) in [4.78, 5) is 4.85. The number of aromatic nitrogens is 1. The van der Waals surface area contributed by atoms with Gasteiger partial charge in [-0.3, -0.25) is 4.98 Å². The molecule has 3 nitrogen and oxygen atoms in total. The molecule has 0 amide bonds. The average molecular weight is 332 g/mol. The van der Waals surface area contributed by atoms with Crippen molar-refractivity contribution in [3.8, 4) is 0 Å². The molecule has 0 bridgehead atoms. The van der Waals surface area contributed by atoms with Gasteiger partial charge in [-0.05, 0) is 49.4 Å². The molecule has 1 aromatic carbocycles. The summed E-state index contributed by atoms with van der Waals surface area (Å²) < 4.78 is 0. The van der Waals surface area contributed by atoms with Crippen LogP contribution in [0.5, 0.6) is 0 Å². The molecule has 0 saturated carbocycles. The molecule has 0 fully saturated rings. The Kier molecular flexibility index (Phi) is 5.52. The number of hydrogen-bond donors (Lipinski definition) is 2. The Morgan fingerprint density at radius 2 is 2.26 bits per heavy atom. The molecule has 1 aliphatic rings. The molecule has 3 rings (SSSR count). The number of benzene rings is 1. The molecular weight excluding hydrogens is 306 g/mol. The number of halogens is 1. The van der Waals surface area contributed by atoms with E-state index in [0.29, 0.717) is 6.04 Å². The first-order chi connectivity index (χ1) is 11.2. The Morgan fingerprint density at radius 1 is 1.39 bits per heavy atom. The largest absolute Gasteiger partial charge is 0.327 e. The van der Waals surface area contributed by atoms with E-state index in [1.54, 1.807) is 0 Å². The van der Waals surface area contributed by atoms with Gasteiger partial charge in [0, 0.05) is 34.7 Å². The van der Waals surface area contributed by atoms with Crippen molar-refractivity contribution in [2.75, 3.05) is 6.54 Å². The molecule has 2 aromatic rings. The van der Waals surface area contributed by atoms with Gasteiger partial charge in [0.15, 0.2) is 0 Å². The topological polar surface area (TPSA) is 50.9 Å². The minimum absolute atomic E-state index is 0.243. The van der Waals surface area contributed by atoms with Crippen LogP contribution in [0.25, 0.3) is 10.9 Å². The minimum atomic E-state index is 0.243. The quantitative estimate of drug-likeness (QED) is 0.826. The van der Waals surface area contributed by atoms with Crippen molar-refractivity contribution in [3.05, 3.63) is 40.5 Å². The number of fused-ring (bicyclic) bond motifs is 2. The summed E-state index contributed by atoms with van der Waals surface area (Å²) in [5, 5.41) is 5.58. The maximum absolute atomic E-state index is 6.21. The Labute approximate surface area is 143 Å². The van der Waals surface area contributed by atoms with Gasteiger partial charge in [0.25, 0.3) is 0 Å². The second-order valence-corrected chi connectivity index (χ2v) is 7.05. The van der Waals surface area contributed by atoms with Crippen LogP contribution in [0.4, 0.5) is 0 Å². The van der Waals surface area contributed by atoms with Crippen LogP contribution in [0.15, 0.2) is 24.3 Å². The zero-order valence-corrected chi connectivity index (χ0v) is 14.6. The normalized spacial score (nSPS) is 18.8. The first-order valence-electron chi connectivity index (χ1n) is 8.75.